The van der Waals surface area contributed by atoms with Crippen molar-refractivity contribution in [2.75, 3.05) is 25.6 Å². The Hall–Kier alpha value is -3.71. The lowest BCUT2D eigenvalue weighted by Crippen LogP contribution is -2.31. The summed E-state index contributed by atoms with van der Waals surface area (Å²) in [5, 5.41) is 5.77. The minimum absolute atomic E-state index is 0.0781. The van der Waals surface area contributed by atoms with Gasteiger partial charge in [-0.15, -0.1) is 0 Å². The Morgan fingerprint density at radius 2 is 1.65 bits per heavy atom. The van der Waals surface area contributed by atoms with Crippen molar-refractivity contribution in [3.8, 4) is 5.88 Å². The lowest BCUT2D eigenvalue weighted by molar-refractivity contribution is -0.116. The first kappa shape index (κ1) is 22.0. The highest BCUT2D eigenvalue weighted by Gasteiger charge is 2.19. The third-order valence-electron chi connectivity index (χ3n) is 4.49. The summed E-state index contributed by atoms with van der Waals surface area (Å²) in [6.45, 7) is 0.866. The summed E-state index contributed by atoms with van der Waals surface area (Å²) < 4.78 is 10.3. The van der Waals surface area contributed by atoms with Gasteiger partial charge >= 0.3 is 0 Å². The zero-order valence-corrected chi connectivity index (χ0v) is 17.3. The molecule has 0 fully saturated rings. The van der Waals surface area contributed by atoms with E-state index in [0.29, 0.717) is 30.3 Å². The molecule has 0 aliphatic rings. The molecule has 1 aromatic heterocycles. The van der Waals surface area contributed by atoms with E-state index < -0.39 is 6.04 Å². The minimum atomic E-state index is -0.474. The maximum atomic E-state index is 12.7. The second kappa shape index (κ2) is 11.5. The Labute approximate surface area is 181 Å². The predicted octanol–water partition coefficient (Wildman–Crippen LogP) is 3.61. The molecule has 2 aromatic carbocycles. The van der Waals surface area contributed by atoms with Crippen molar-refractivity contribution in [1.29, 1.82) is 0 Å². The Bertz CT molecular complexity index is 963. The monoisotopic (exact) mass is 419 g/mol. The molecule has 0 spiro atoms. The van der Waals surface area contributed by atoms with Crippen molar-refractivity contribution in [3.63, 3.8) is 0 Å². The Morgan fingerprint density at radius 3 is 2.29 bits per heavy atom. The third-order valence-corrected chi connectivity index (χ3v) is 4.49. The van der Waals surface area contributed by atoms with Crippen molar-refractivity contribution >= 4 is 17.5 Å². The van der Waals surface area contributed by atoms with Crippen LogP contribution >= 0.6 is 0 Å². The summed E-state index contributed by atoms with van der Waals surface area (Å²) in [6.07, 6.45) is 1.61. The van der Waals surface area contributed by atoms with Gasteiger partial charge in [-0.2, -0.15) is 0 Å². The number of carbonyl (C=O) groups excluding carboxylic acids is 2. The number of ether oxygens (including phenoxy) is 2. The van der Waals surface area contributed by atoms with Crippen LogP contribution in [-0.2, 0) is 9.53 Å². The molecular weight excluding hydrogens is 394 g/mol. The second-order valence-corrected chi connectivity index (χ2v) is 6.78. The maximum absolute atomic E-state index is 12.7. The van der Waals surface area contributed by atoms with Crippen LogP contribution in [0.3, 0.4) is 0 Å². The topological polar surface area (TPSA) is 89.5 Å². The number of pyridine rings is 1. The lowest BCUT2D eigenvalue weighted by atomic mass is 10.0. The molecule has 7 nitrogen and oxygen atoms in total. The molecule has 2 amide bonds. The summed E-state index contributed by atoms with van der Waals surface area (Å²) in [5.74, 6) is -0.0223. The molecule has 31 heavy (non-hydrogen) atoms. The number of nitrogens with one attached hydrogen (secondary N) is 2. The van der Waals surface area contributed by atoms with Crippen LogP contribution in [0.5, 0.6) is 5.88 Å². The molecule has 0 saturated carbocycles. The summed E-state index contributed by atoms with van der Waals surface area (Å²) in [4.78, 5) is 29.5. The third kappa shape index (κ3) is 6.94. The molecule has 0 aliphatic carbocycles. The van der Waals surface area contributed by atoms with Gasteiger partial charge in [0, 0.05) is 18.7 Å². The van der Waals surface area contributed by atoms with Gasteiger partial charge in [-0.25, -0.2) is 4.98 Å². The van der Waals surface area contributed by atoms with Gasteiger partial charge in [0.25, 0.3) is 5.91 Å². The van der Waals surface area contributed by atoms with Crippen LogP contribution in [0.2, 0.25) is 0 Å². The van der Waals surface area contributed by atoms with E-state index in [2.05, 4.69) is 15.6 Å². The average Bonchev–Trinajstić information content (AvgIpc) is 2.81. The van der Waals surface area contributed by atoms with Crippen LogP contribution in [0.1, 0.15) is 28.4 Å². The fraction of sp³-hybridized carbons (Fsp3) is 0.208. The first-order valence-corrected chi connectivity index (χ1v) is 9.94. The van der Waals surface area contributed by atoms with Gasteiger partial charge in [0.2, 0.25) is 11.8 Å². The van der Waals surface area contributed by atoms with Gasteiger partial charge in [0.1, 0.15) is 6.61 Å². The normalized spacial score (nSPS) is 11.4. The fourth-order valence-electron chi connectivity index (χ4n) is 2.94. The first-order chi connectivity index (χ1) is 15.2. The number of benzene rings is 2. The summed E-state index contributed by atoms with van der Waals surface area (Å²) in [7, 11) is 1.60. The van der Waals surface area contributed by atoms with Crippen molar-refractivity contribution in [3.05, 3.63) is 90.1 Å². The van der Waals surface area contributed by atoms with Gasteiger partial charge in [-0.05, 0) is 23.8 Å². The zero-order chi connectivity index (χ0) is 21.9. The van der Waals surface area contributed by atoms with Crippen molar-refractivity contribution in [1.82, 2.24) is 10.3 Å². The molecule has 0 saturated heterocycles. The smallest absolute Gasteiger partial charge is 0.251 e. The molecule has 1 unspecified atom stereocenters. The first-order valence-electron chi connectivity index (χ1n) is 9.94. The molecule has 0 bridgehead atoms. The zero-order valence-electron chi connectivity index (χ0n) is 17.3. The van der Waals surface area contributed by atoms with E-state index in [9.17, 15) is 9.59 Å². The Kier molecular flexibility index (Phi) is 8.13. The van der Waals surface area contributed by atoms with Crippen molar-refractivity contribution in [2.24, 2.45) is 0 Å². The molecule has 1 heterocycles. The summed E-state index contributed by atoms with van der Waals surface area (Å²) >= 11 is 0. The van der Waals surface area contributed by atoms with E-state index in [1.54, 1.807) is 43.5 Å². The summed E-state index contributed by atoms with van der Waals surface area (Å²) in [6, 6.07) is 21.3. The number of methoxy groups -OCH3 is 1. The lowest BCUT2D eigenvalue weighted by Gasteiger charge is -2.19. The number of anilines is 1. The SMILES string of the molecule is COCCOc1ccc(NC(=O)CC(NC(=O)c2ccccc2)c2ccccc2)cn1. The quantitative estimate of drug-likeness (QED) is 0.490. The summed E-state index contributed by atoms with van der Waals surface area (Å²) in [5.41, 5.74) is 1.93. The van der Waals surface area contributed by atoms with E-state index in [1.807, 2.05) is 36.4 Å². The van der Waals surface area contributed by atoms with Crippen LogP contribution in [0, 0.1) is 0 Å². The highest BCUT2D eigenvalue weighted by atomic mass is 16.5. The number of amides is 2. The van der Waals surface area contributed by atoms with Gasteiger partial charge in [-0.3, -0.25) is 9.59 Å². The number of hydrogen-bond acceptors (Lipinski definition) is 5. The van der Waals surface area contributed by atoms with E-state index in [0.717, 1.165) is 5.56 Å². The predicted molar refractivity (Wildman–Crippen MR) is 118 cm³/mol. The Balaban J connectivity index is 1.63. The van der Waals surface area contributed by atoms with Crippen molar-refractivity contribution < 1.29 is 19.1 Å². The van der Waals surface area contributed by atoms with Gasteiger partial charge in [0.05, 0.1) is 31.0 Å². The molecular formula is C24H25N3O4. The van der Waals surface area contributed by atoms with E-state index in [-0.39, 0.29) is 18.2 Å². The van der Waals surface area contributed by atoms with Gasteiger partial charge in [0.15, 0.2) is 0 Å². The van der Waals surface area contributed by atoms with Crippen LogP contribution in [0.25, 0.3) is 0 Å². The van der Waals surface area contributed by atoms with E-state index >= 15 is 0 Å². The molecule has 0 aliphatic heterocycles. The van der Waals surface area contributed by atoms with E-state index in [1.165, 1.54) is 6.20 Å². The molecule has 7 heteroatoms. The number of carbonyl (C=O) groups is 2. The highest BCUT2D eigenvalue weighted by molar-refractivity contribution is 5.95. The van der Waals surface area contributed by atoms with Gasteiger partial charge < -0.3 is 20.1 Å². The van der Waals surface area contributed by atoms with Crippen LogP contribution in [-0.4, -0.2) is 37.1 Å². The maximum Gasteiger partial charge on any atom is 0.251 e. The highest BCUT2D eigenvalue weighted by Crippen LogP contribution is 2.19. The molecule has 160 valence electrons. The van der Waals surface area contributed by atoms with E-state index in [4.69, 9.17) is 9.47 Å². The Morgan fingerprint density at radius 1 is 0.935 bits per heavy atom. The standard InChI is InChI=1S/C24H25N3O4/c1-30-14-15-31-23-13-12-20(17-25-23)26-22(28)16-21(18-8-4-2-5-9-18)27-24(29)19-10-6-3-7-11-19/h2-13,17,21H,14-16H2,1H3,(H,26,28)(H,27,29). The molecule has 3 aromatic rings. The average molecular weight is 419 g/mol. The minimum Gasteiger partial charge on any atom is -0.475 e. The number of rotatable bonds is 10. The number of aromatic nitrogens is 1. The second-order valence-electron chi connectivity index (χ2n) is 6.78. The number of nitrogens with zero attached hydrogens (tertiary/aromatic N) is 1. The molecule has 3 rings (SSSR count). The molecule has 1 atom stereocenters. The number of hydrogen-bond donors (Lipinski definition) is 2. The van der Waals surface area contributed by atoms with Crippen LogP contribution in [0.15, 0.2) is 79.0 Å². The van der Waals surface area contributed by atoms with Crippen molar-refractivity contribution in [2.45, 2.75) is 12.5 Å². The largest absolute Gasteiger partial charge is 0.475 e. The molecule has 2 N–H and O–H groups in total. The van der Waals surface area contributed by atoms with Gasteiger partial charge in [-0.1, -0.05) is 48.5 Å². The van der Waals surface area contributed by atoms with Crippen LogP contribution < -0.4 is 15.4 Å². The van der Waals surface area contributed by atoms with Crippen LogP contribution in [0.4, 0.5) is 5.69 Å². The molecule has 0 radical (unpaired) electrons. The fourth-order valence-corrected chi connectivity index (χ4v) is 2.94.